The van der Waals surface area contributed by atoms with Gasteiger partial charge in [-0.1, -0.05) is 11.8 Å². The molecule has 0 unspecified atom stereocenters. The summed E-state index contributed by atoms with van der Waals surface area (Å²) in [5, 5.41) is 4.67. The highest BCUT2D eigenvalue weighted by Gasteiger charge is 2.17. The third-order valence-corrected chi connectivity index (χ3v) is 5.69. The van der Waals surface area contributed by atoms with Crippen LogP contribution in [0, 0.1) is 6.92 Å². The Morgan fingerprint density at radius 1 is 1.26 bits per heavy atom. The van der Waals surface area contributed by atoms with Crippen molar-refractivity contribution in [3.63, 3.8) is 0 Å². The van der Waals surface area contributed by atoms with Crippen LogP contribution in [-0.2, 0) is 24.1 Å². The molecule has 140 valence electrons. The predicted octanol–water partition coefficient (Wildman–Crippen LogP) is 3.34. The molecule has 1 aromatic carbocycles. The summed E-state index contributed by atoms with van der Waals surface area (Å²) in [6, 6.07) is 5.94. The fourth-order valence-corrected chi connectivity index (χ4v) is 4.16. The second-order valence-corrected chi connectivity index (χ2v) is 7.71. The molecule has 0 saturated heterocycles. The average molecular weight is 382 g/mol. The molecule has 0 radical (unpaired) electrons. The summed E-state index contributed by atoms with van der Waals surface area (Å²) in [4.78, 5) is 35.2. The molecule has 0 spiro atoms. The average Bonchev–Trinajstić information content (AvgIpc) is 3.02. The SMILES string of the molecule is CSc1nc(C)c(CC(=O)Nc2ccc3[nH]c4c(c3c2)CCCC4)c(=O)[nH]1. The number of hydrogen-bond acceptors (Lipinski definition) is 4. The zero-order valence-corrected chi connectivity index (χ0v) is 16.3. The van der Waals surface area contributed by atoms with E-state index in [1.54, 1.807) is 6.92 Å². The van der Waals surface area contributed by atoms with Gasteiger partial charge in [0.05, 0.1) is 6.42 Å². The van der Waals surface area contributed by atoms with Crippen molar-refractivity contribution in [1.29, 1.82) is 0 Å². The Morgan fingerprint density at radius 3 is 2.85 bits per heavy atom. The third-order valence-electron chi connectivity index (χ3n) is 5.11. The molecular weight excluding hydrogens is 360 g/mol. The van der Waals surface area contributed by atoms with Crippen molar-refractivity contribution in [3.8, 4) is 0 Å². The van der Waals surface area contributed by atoms with Gasteiger partial charge in [0.15, 0.2) is 5.16 Å². The van der Waals surface area contributed by atoms with Gasteiger partial charge in [0, 0.05) is 33.5 Å². The van der Waals surface area contributed by atoms with E-state index in [4.69, 9.17) is 0 Å². The Hall–Kier alpha value is -2.54. The molecular formula is C20H22N4O2S. The lowest BCUT2D eigenvalue weighted by molar-refractivity contribution is -0.115. The molecule has 0 bridgehead atoms. The summed E-state index contributed by atoms with van der Waals surface area (Å²) in [5.41, 5.74) is 5.31. The van der Waals surface area contributed by atoms with Gasteiger partial charge in [-0.25, -0.2) is 4.98 Å². The number of nitrogens with zero attached hydrogens (tertiary/aromatic N) is 1. The Morgan fingerprint density at radius 2 is 2.07 bits per heavy atom. The van der Waals surface area contributed by atoms with Crippen LogP contribution >= 0.6 is 11.8 Å². The summed E-state index contributed by atoms with van der Waals surface area (Å²) in [5.74, 6) is -0.217. The van der Waals surface area contributed by atoms with Crippen LogP contribution in [0.4, 0.5) is 5.69 Å². The molecule has 7 heteroatoms. The lowest BCUT2D eigenvalue weighted by Crippen LogP contribution is -2.23. The van der Waals surface area contributed by atoms with Gasteiger partial charge in [-0.2, -0.15) is 0 Å². The smallest absolute Gasteiger partial charge is 0.255 e. The van der Waals surface area contributed by atoms with E-state index >= 15 is 0 Å². The van der Waals surface area contributed by atoms with Crippen molar-refractivity contribution in [2.45, 2.75) is 44.2 Å². The molecule has 0 fully saturated rings. The molecule has 2 heterocycles. The highest BCUT2D eigenvalue weighted by molar-refractivity contribution is 7.98. The first-order valence-corrected chi connectivity index (χ1v) is 10.3. The number of carbonyl (C=O) groups excluding carboxylic acids is 1. The predicted molar refractivity (Wildman–Crippen MR) is 109 cm³/mol. The third kappa shape index (κ3) is 3.51. The van der Waals surface area contributed by atoms with Gasteiger partial charge in [-0.05, 0) is 62.6 Å². The van der Waals surface area contributed by atoms with Crippen LogP contribution in [0.3, 0.4) is 0 Å². The molecule has 0 aliphatic heterocycles. The number of nitrogens with one attached hydrogen (secondary N) is 3. The number of thioether (sulfide) groups is 1. The maximum absolute atomic E-state index is 12.5. The van der Waals surface area contributed by atoms with E-state index in [0.29, 0.717) is 16.4 Å². The van der Waals surface area contributed by atoms with E-state index in [-0.39, 0.29) is 17.9 Å². The summed E-state index contributed by atoms with van der Waals surface area (Å²) in [6.45, 7) is 1.76. The monoisotopic (exact) mass is 382 g/mol. The number of benzene rings is 1. The lowest BCUT2D eigenvalue weighted by atomic mass is 9.95. The standard InChI is InChI=1S/C20H22N4O2S/c1-11-14(19(26)24-20(21-11)27-2)10-18(25)22-12-7-8-17-15(9-12)13-5-3-4-6-16(13)23-17/h7-9,23H,3-6,10H2,1-2H3,(H,22,25)(H,21,24,26). The van der Waals surface area contributed by atoms with Crippen molar-refractivity contribution in [2.24, 2.45) is 0 Å². The fraction of sp³-hybridized carbons (Fsp3) is 0.350. The molecule has 2 aromatic heterocycles. The van der Waals surface area contributed by atoms with E-state index in [2.05, 4.69) is 20.3 Å². The number of anilines is 1. The molecule has 1 amide bonds. The molecule has 6 nitrogen and oxygen atoms in total. The van der Waals surface area contributed by atoms with E-state index in [9.17, 15) is 9.59 Å². The van der Waals surface area contributed by atoms with Gasteiger partial charge in [0.25, 0.3) is 5.56 Å². The zero-order chi connectivity index (χ0) is 19.0. The first-order valence-electron chi connectivity index (χ1n) is 9.12. The molecule has 0 atom stereocenters. The maximum Gasteiger partial charge on any atom is 0.255 e. The molecule has 1 aliphatic rings. The molecule has 4 rings (SSSR count). The summed E-state index contributed by atoms with van der Waals surface area (Å²) >= 11 is 1.37. The Kier molecular flexibility index (Phi) is 4.78. The molecule has 0 saturated carbocycles. The van der Waals surface area contributed by atoms with Crippen LogP contribution in [0.25, 0.3) is 10.9 Å². The molecule has 3 aromatic rings. The first kappa shape index (κ1) is 17.9. The normalized spacial score (nSPS) is 13.6. The second-order valence-electron chi connectivity index (χ2n) is 6.91. The number of aromatic amines is 2. The molecule has 1 aliphatic carbocycles. The summed E-state index contributed by atoms with van der Waals surface area (Å²) in [7, 11) is 0. The number of hydrogen-bond donors (Lipinski definition) is 3. The number of aryl methyl sites for hydroxylation is 3. The van der Waals surface area contributed by atoms with Gasteiger partial charge in [-0.15, -0.1) is 0 Å². The van der Waals surface area contributed by atoms with Gasteiger partial charge in [-0.3, -0.25) is 9.59 Å². The number of aromatic nitrogens is 3. The zero-order valence-electron chi connectivity index (χ0n) is 15.4. The minimum absolute atomic E-state index is 0.00606. The van der Waals surface area contributed by atoms with Crippen molar-refractivity contribution < 1.29 is 4.79 Å². The van der Waals surface area contributed by atoms with E-state index in [1.807, 2.05) is 24.5 Å². The minimum Gasteiger partial charge on any atom is -0.358 e. The van der Waals surface area contributed by atoms with Crippen LogP contribution in [0.5, 0.6) is 0 Å². The Bertz CT molecular complexity index is 1080. The van der Waals surface area contributed by atoms with Crippen molar-refractivity contribution >= 4 is 34.3 Å². The van der Waals surface area contributed by atoms with Crippen LogP contribution < -0.4 is 10.9 Å². The Balaban J connectivity index is 1.56. The van der Waals surface area contributed by atoms with E-state index < -0.39 is 0 Å². The van der Waals surface area contributed by atoms with E-state index in [1.165, 1.54) is 41.2 Å². The number of fused-ring (bicyclic) bond motifs is 3. The topological polar surface area (TPSA) is 90.6 Å². The fourth-order valence-electron chi connectivity index (χ4n) is 3.74. The van der Waals surface area contributed by atoms with Crippen LogP contribution in [0.15, 0.2) is 28.2 Å². The minimum atomic E-state index is -0.253. The number of rotatable bonds is 4. The van der Waals surface area contributed by atoms with Gasteiger partial charge in [0.1, 0.15) is 0 Å². The largest absolute Gasteiger partial charge is 0.358 e. The van der Waals surface area contributed by atoms with E-state index in [0.717, 1.165) is 24.0 Å². The van der Waals surface area contributed by atoms with Gasteiger partial charge >= 0.3 is 0 Å². The molecule has 3 N–H and O–H groups in total. The highest BCUT2D eigenvalue weighted by atomic mass is 32.2. The van der Waals surface area contributed by atoms with Crippen molar-refractivity contribution in [1.82, 2.24) is 15.0 Å². The van der Waals surface area contributed by atoms with Gasteiger partial charge in [0.2, 0.25) is 5.91 Å². The van der Waals surface area contributed by atoms with Crippen molar-refractivity contribution in [3.05, 3.63) is 51.1 Å². The highest BCUT2D eigenvalue weighted by Crippen LogP contribution is 2.30. The number of H-pyrrole nitrogens is 2. The second kappa shape index (κ2) is 7.23. The lowest BCUT2D eigenvalue weighted by Gasteiger charge is -2.11. The van der Waals surface area contributed by atoms with Crippen LogP contribution in [0.1, 0.15) is 35.4 Å². The van der Waals surface area contributed by atoms with Gasteiger partial charge < -0.3 is 15.3 Å². The van der Waals surface area contributed by atoms with Crippen LogP contribution in [0.2, 0.25) is 0 Å². The summed E-state index contributed by atoms with van der Waals surface area (Å²) in [6.07, 6.45) is 6.45. The molecule has 27 heavy (non-hydrogen) atoms. The van der Waals surface area contributed by atoms with Crippen LogP contribution in [-0.4, -0.2) is 27.1 Å². The number of carbonyl (C=O) groups is 1. The first-order chi connectivity index (χ1) is 13.0. The Labute approximate surface area is 161 Å². The quantitative estimate of drug-likeness (QED) is 0.477. The number of amides is 1. The maximum atomic E-state index is 12.5. The summed E-state index contributed by atoms with van der Waals surface area (Å²) < 4.78 is 0. The van der Waals surface area contributed by atoms with Crippen molar-refractivity contribution in [2.75, 3.05) is 11.6 Å².